The SMILES string of the molecule is CCOc1ccccc1NC(=O)c1cnn(-c2ccc(Br)cc2)c1. The molecule has 0 unspecified atom stereocenters. The molecule has 0 aliphatic rings. The van der Waals surface area contributed by atoms with Gasteiger partial charge in [-0.15, -0.1) is 0 Å². The van der Waals surface area contributed by atoms with Crippen molar-refractivity contribution in [2.75, 3.05) is 11.9 Å². The van der Waals surface area contributed by atoms with Gasteiger partial charge in [0.1, 0.15) is 5.75 Å². The highest BCUT2D eigenvalue weighted by Gasteiger charge is 2.12. The van der Waals surface area contributed by atoms with E-state index in [1.165, 1.54) is 0 Å². The Balaban J connectivity index is 1.78. The summed E-state index contributed by atoms with van der Waals surface area (Å²) in [6.07, 6.45) is 3.24. The lowest BCUT2D eigenvalue weighted by atomic mass is 10.2. The summed E-state index contributed by atoms with van der Waals surface area (Å²) in [5.41, 5.74) is 2.00. The fourth-order valence-corrected chi connectivity index (χ4v) is 2.49. The third-order valence-electron chi connectivity index (χ3n) is 3.37. The summed E-state index contributed by atoms with van der Waals surface area (Å²) in [5, 5.41) is 7.11. The number of hydrogen-bond donors (Lipinski definition) is 1. The molecule has 1 N–H and O–H groups in total. The highest BCUT2D eigenvalue weighted by atomic mass is 79.9. The van der Waals surface area contributed by atoms with Gasteiger partial charge in [-0.25, -0.2) is 4.68 Å². The third-order valence-corrected chi connectivity index (χ3v) is 3.90. The molecule has 0 atom stereocenters. The minimum atomic E-state index is -0.231. The van der Waals surface area contributed by atoms with Crippen LogP contribution < -0.4 is 10.1 Å². The van der Waals surface area contributed by atoms with E-state index in [1.54, 1.807) is 17.1 Å². The second kappa shape index (κ2) is 7.31. The van der Waals surface area contributed by atoms with Crippen molar-refractivity contribution in [2.24, 2.45) is 0 Å². The highest BCUT2D eigenvalue weighted by Crippen LogP contribution is 2.24. The van der Waals surface area contributed by atoms with Crippen LogP contribution in [0.3, 0.4) is 0 Å². The Morgan fingerprint density at radius 2 is 1.96 bits per heavy atom. The Kier molecular flexibility index (Phi) is 4.96. The average Bonchev–Trinajstić information content (AvgIpc) is 3.08. The summed E-state index contributed by atoms with van der Waals surface area (Å²) < 4.78 is 8.17. The van der Waals surface area contributed by atoms with E-state index in [4.69, 9.17) is 4.74 Å². The number of rotatable bonds is 5. The molecule has 0 spiro atoms. The number of nitrogens with one attached hydrogen (secondary N) is 1. The fourth-order valence-electron chi connectivity index (χ4n) is 2.22. The molecule has 3 rings (SSSR count). The monoisotopic (exact) mass is 385 g/mol. The van der Waals surface area contributed by atoms with Crippen LogP contribution in [0.2, 0.25) is 0 Å². The number of hydrogen-bond acceptors (Lipinski definition) is 3. The van der Waals surface area contributed by atoms with Crippen molar-refractivity contribution in [1.82, 2.24) is 9.78 Å². The maximum atomic E-state index is 12.4. The molecule has 3 aromatic rings. The molecule has 1 amide bonds. The van der Waals surface area contributed by atoms with E-state index in [0.717, 1.165) is 10.2 Å². The lowest BCUT2D eigenvalue weighted by Gasteiger charge is -2.10. The number of aromatic nitrogens is 2. The molecule has 0 aliphatic carbocycles. The van der Waals surface area contributed by atoms with E-state index in [0.29, 0.717) is 23.6 Å². The van der Waals surface area contributed by atoms with Gasteiger partial charge >= 0.3 is 0 Å². The van der Waals surface area contributed by atoms with Gasteiger partial charge in [0.2, 0.25) is 0 Å². The van der Waals surface area contributed by atoms with Crippen molar-refractivity contribution in [3.63, 3.8) is 0 Å². The standard InChI is InChI=1S/C18H16BrN3O2/c1-2-24-17-6-4-3-5-16(17)21-18(23)13-11-20-22(12-13)15-9-7-14(19)8-10-15/h3-12H,2H2,1H3,(H,21,23). The summed E-state index contributed by atoms with van der Waals surface area (Å²) in [4.78, 5) is 12.4. The number of halogens is 1. The molecule has 0 saturated carbocycles. The number of ether oxygens (including phenoxy) is 1. The van der Waals surface area contributed by atoms with E-state index in [9.17, 15) is 4.79 Å². The zero-order chi connectivity index (χ0) is 16.9. The summed E-state index contributed by atoms with van der Waals surface area (Å²) in [6, 6.07) is 15.0. The van der Waals surface area contributed by atoms with Gasteiger partial charge in [0, 0.05) is 10.7 Å². The first-order chi connectivity index (χ1) is 11.7. The lowest BCUT2D eigenvalue weighted by molar-refractivity contribution is 0.102. The van der Waals surface area contributed by atoms with Gasteiger partial charge in [-0.05, 0) is 43.3 Å². The molecular weight excluding hydrogens is 370 g/mol. The van der Waals surface area contributed by atoms with Gasteiger partial charge in [0.15, 0.2) is 0 Å². The minimum absolute atomic E-state index is 0.231. The number of anilines is 1. The normalized spacial score (nSPS) is 10.4. The quantitative estimate of drug-likeness (QED) is 0.712. The van der Waals surface area contributed by atoms with Gasteiger partial charge in [0.25, 0.3) is 5.91 Å². The van der Waals surface area contributed by atoms with Gasteiger partial charge in [-0.3, -0.25) is 4.79 Å². The Labute approximate surface area is 148 Å². The molecule has 0 aliphatic heterocycles. The number of nitrogens with zero attached hydrogens (tertiary/aromatic N) is 2. The highest BCUT2D eigenvalue weighted by molar-refractivity contribution is 9.10. The molecular formula is C18H16BrN3O2. The topological polar surface area (TPSA) is 56.1 Å². The molecule has 0 bridgehead atoms. The van der Waals surface area contributed by atoms with Gasteiger partial charge in [-0.2, -0.15) is 5.10 Å². The van der Waals surface area contributed by atoms with E-state index in [2.05, 4.69) is 26.3 Å². The maximum absolute atomic E-state index is 12.4. The first-order valence-electron chi connectivity index (χ1n) is 7.51. The molecule has 122 valence electrons. The molecule has 5 nitrogen and oxygen atoms in total. The lowest BCUT2D eigenvalue weighted by Crippen LogP contribution is -2.12. The van der Waals surface area contributed by atoms with Crippen molar-refractivity contribution < 1.29 is 9.53 Å². The van der Waals surface area contributed by atoms with Crippen LogP contribution in [0.5, 0.6) is 5.75 Å². The van der Waals surface area contributed by atoms with Gasteiger partial charge in [-0.1, -0.05) is 28.1 Å². The van der Waals surface area contributed by atoms with Crippen molar-refractivity contribution >= 4 is 27.5 Å². The van der Waals surface area contributed by atoms with Crippen molar-refractivity contribution in [3.05, 3.63) is 71.0 Å². The molecule has 0 saturated heterocycles. The molecule has 0 fully saturated rings. The summed E-state index contributed by atoms with van der Waals surface area (Å²) in [6.45, 7) is 2.44. The number of amides is 1. The smallest absolute Gasteiger partial charge is 0.258 e. The number of para-hydroxylation sites is 2. The van der Waals surface area contributed by atoms with Crippen LogP contribution in [-0.2, 0) is 0 Å². The van der Waals surface area contributed by atoms with Crippen LogP contribution in [0, 0.1) is 0 Å². The minimum Gasteiger partial charge on any atom is -0.492 e. The van der Waals surface area contributed by atoms with E-state index >= 15 is 0 Å². The first-order valence-corrected chi connectivity index (χ1v) is 8.30. The molecule has 0 radical (unpaired) electrons. The third kappa shape index (κ3) is 3.65. The number of benzene rings is 2. The zero-order valence-corrected chi connectivity index (χ0v) is 14.7. The summed E-state index contributed by atoms with van der Waals surface area (Å²) in [7, 11) is 0. The van der Waals surface area contributed by atoms with Gasteiger partial charge < -0.3 is 10.1 Å². The predicted octanol–water partition coefficient (Wildman–Crippen LogP) is 4.29. The molecule has 24 heavy (non-hydrogen) atoms. The maximum Gasteiger partial charge on any atom is 0.258 e. The number of carbonyl (C=O) groups is 1. The van der Waals surface area contributed by atoms with Crippen LogP contribution in [-0.4, -0.2) is 22.3 Å². The Hall–Kier alpha value is -2.60. The Bertz CT molecular complexity index is 843. The van der Waals surface area contributed by atoms with E-state index in [1.807, 2.05) is 55.5 Å². The van der Waals surface area contributed by atoms with E-state index in [-0.39, 0.29) is 5.91 Å². The fraction of sp³-hybridized carbons (Fsp3) is 0.111. The second-order valence-electron chi connectivity index (χ2n) is 5.03. The molecule has 2 aromatic carbocycles. The van der Waals surface area contributed by atoms with Crippen molar-refractivity contribution in [2.45, 2.75) is 6.92 Å². The largest absolute Gasteiger partial charge is 0.492 e. The molecule has 1 heterocycles. The van der Waals surface area contributed by atoms with E-state index < -0.39 is 0 Å². The second-order valence-corrected chi connectivity index (χ2v) is 5.95. The Morgan fingerprint density at radius 1 is 1.21 bits per heavy atom. The Morgan fingerprint density at radius 3 is 2.71 bits per heavy atom. The average molecular weight is 386 g/mol. The van der Waals surface area contributed by atoms with Crippen LogP contribution in [0.4, 0.5) is 5.69 Å². The van der Waals surface area contributed by atoms with Gasteiger partial charge in [0.05, 0.1) is 29.7 Å². The van der Waals surface area contributed by atoms with Crippen LogP contribution in [0.15, 0.2) is 65.4 Å². The summed E-state index contributed by atoms with van der Waals surface area (Å²) >= 11 is 3.40. The predicted molar refractivity (Wildman–Crippen MR) is 96.8 cm³/mol. The van der Waals surface area contributed by atoms with Crippen molar-refractivity contribution in [3.8, 4) is 11.4 Å². The van der Waals surface area contributed by atoms with Crippen LogP contribution in [0.25, 0.3) is 5.69 Å². The molecule has 1 aromatic heterocycles. The summed E-state index contributed by atoms with van der Waals surface area (Å²) in [5.74, 6) is 0.416. The van der Waals surface area contributed by atoms with Crippen LogP contribution >= 0.6 is 15.9 Å². The first kappa shape index (κ1) is 16.3. The van der Waals surface area contributed by atoms with Crippen molar-refractivity contribution in [1.29, 1.82) is 0 Å². The number of carbonyl (C=O) groups excluding carboxylic acids is 1. The zero-order valence-electron chi connectivity index (χ0n) is 13.1. The molecule has 6 heteroatoms. The van der Waals surface area contributed by atoms with Crippen LogP contribution in [0.1, 0.15) is 17.3 Å².